The summed E-state index contributed by atoms with van der Waals surface area (Å²) in [4.78, 5) is 38.1. The number of hydrogen-bond donors (Lipinski definition) is 2. The third-order valence-corrected chi connectivity index (χ3v) is 5.23. The van der Waals surface area contributed by atoms with E-state index < -0.39 is 11.6 Å². The molecule has 4 amide bonds. The molecule has 0 unspecified atom stereocenters. The Morgan fingerprint density at radius 1 is 1.28 bits per heavy atom. The number of carbonyl (C=O) groups is 3. The first-order valence-corrected chi connectivity index (χ1v) is 8.99. The fourth-order valence-corrected chi connectivity index (χ4v) is 3.80. The van der Waals surface area contributed by atoms with Crippen LogP contribution in [-0.2, 0) is 9.59 Å². The van der Waals surface area contributed by atoms with Gasteiger partial charge in [0.2, 0.25) is 5.91 Å². The van der Waals surface area contributed by atoms with Gasteiger partial charge in [0, 0.05) is 13.0 Å². The molecule has 1 saturated heterocycles. The number of anilines is 1. The smallest absolute Gasteiger partial charge is 0.325 e. The molecule has 1 aromatic rings. The zero-order chi connectivity index (χ0) is 18.0. The summed E-state index contributed by atoms with van der Waals surface area (Å²) in [5.41, 5.74) is 0.782. The van der Waals surface area contributed by atoms with E-state index in [0.29, 0.717) is 23.6 Å². The van der Waals surface area contributed by atoms with Crippen molar-refractivity contribution in [3.05, 3.63) is 28.8 Å². The summed E-state index contributed by atoms with van der Waals surface area (Å²) in [6.07, 6.45) is 4.36. The normalized spacial score (nSPS) is 19.2. The van der Waals surface area contributed by atoms with E-state index >= 15 is 0 Å². The standard InChI is InChI=1S/C18H22ClN3O3/c1-12-5-6-14(13(19)11-12)20-15(23)7-10-22-16(24)18(21-17(22)25)8-3-2-4-9-18/h5-6,11H,2-4,7-10H2,1H3,(H,20,23)(H,21,25). The van der Waals surface area contributed by atoms with Crippen molar-refractivity contribution >= 4 is 35.1 Å². The van der Waals surface area contributed by atoms with E-state index in [1.807, 2.05) is 13.0 Å². The van der Waals surface area contributed by atoms with Gasteiger partial charge in [0.05, 0.1) is 10.7 Å². The zero-order valence-electron chi connectivity index (χ0n) is 14.2. The van der Waals surface area contributed by atoms with Crippen LogP contribution in [0.25, 0.3) is 0 Å². The van der Waals surface area contributed by atoms with Gasteiger partial charge in [-0.2, -0.15) is 0 Å². The number of imide groups is 1. The first-order valence-electron chi connectivity index (χ1n) is 8.61. The highest BCUT2D eigenvalue weighted by Gasteiger charge is 2.50. The molecule has 1 spiro atoms. The highest BCUT2D eigenvalue weighted by atomic mass is 35.5. The van der Waals surface area contributed by atoms with E-state index in [2.05, 4.69) is 10.6 Å². The van der Waals surface area contributed by atoms with Crippen molar-refractivity contribution in [2.75, 3.05) is 11.9 Å². The van der Waals surface area contributed by atoms with Crippen LogP contribution in [0.15, 0.2) is 18.2 Å². The Morgan fingerprint density at radius 2 is 2.00 bits per heavy atom. The van der Waals surface area contributed by atoms with Gasteiger partial charge in [-0.25, -0.2) is 4.79 Å². The van der Waals surface area contributed by atoms with Crippen LogP contribution in [0.3, 0.4) is 0 Å². The van der Waals surface area contributed by atoms with Gasteiger partial charge in [-0.3, -0.25) is 14.5 Å². The number of amides is 4. The molecule has 134 valence electrons. The number of carbonyl (C=O) groups excluding carboxylic acids is 3. The molecule has 2 N–H and O–H groups in total. The average molecular weight is 364 g/mol. The van der Waals surface area contributed by atoms with E-state index in [1.165, 1.54) is 4.90 Å². The molecule has 3 rings (SSSR count). The Kier molecular flexibility index (Phi) is 4.99. The Hall–Kier alpha value is -2.08. The van der Waals surface area contributed by atoms with E-state index in [9.17, 15) is 14.4 Å². The largest absolute Gasteiger partial charge is 0.325 e. The number of urea groups is 1. The number of nitrogens with one attached hydrogen (secondary N) is 2. The van der Waals surface area contributed by atoms with Gasteiger partial charge < -0.3 is 10.6 Å². The predicted octanol–water partition coefficient (Wildman–Crippen LogP) is 3.23. The maximum absolute atomic E-state index is 12.6. The third-order valence-electron chi connectivity index (χ3n) is 4.91. The van der Waals surface area contributed by atoms with Crippen molar-refractivity contribution in [3.63, 3.8) is 0 Å². The second-order valence-corrected chi connectivity index (χ2v) is 7.22. The number of halogens is 1. The summed E-state index contributed by atoms with van der Waals surface area (Å²) in [6, 6.07) is 4.96. The fourth-order valence-electron chi connectivity index (χ4n) is 3.52. The summed E-state index contributed by atoms with van der Waals surface area (Å²) >= 11 is 6.10. The summed E-state index contributed by atoms with van der Waals surface area (Å²) in [6.45, 7) is 1.98. The van der Waals surface area contributed by atoms with Gasteiger partial charge in [-0.05, 0) is 37.5 Å². The van der Waals surface area contributed by atoms with Crippen molar-refractivity contribution in [3.8, 4) is 0 Å². The maximum atomic E-state index is 12.6. The minimum Gasteiger partial charge on any atom is -0.325 e. The van der Waals surface area contributed by atoms with E-state index in [0.717, 1.165) is 24.8 Å². The van der Waals surface area contributed by atoms with Crippen molar-refractivity contribution in [2.45, 2.75) is 51.0 Å². The first kappa shape index (κ1) is 17.7. The summed E-state index contributed by atoms with van der Waals surface area (Å²) < 4.78 is 0. The second-order valence-electron chi connectivity index (χ2n) is 6.81. The molecule has 0 atom stereocenters. The van der Waals surface area contributed by atoms with E-state index in [-0.39, 0.29) is 24.8 Å². The van der Waals surface area contributed by atoms with Crippen LogP contribution in [0.4, 0.5) is 10.5 Å². The zero-order valence-corrected chi connectivity index (χ0v) is 15.0. The highest BCUT2D eigenvalue weighted by molar-refractivity contribution is 6.33. The highest BCUT2D eigenvalue weighted by Crippen LogP contribution is 2.33. The Bertz CT molecular complexity index is 714. The molecule has 0 radical (unpaired) electrons. The second kappa shape index (κ2) is 7.04. The van der Waals surface area contributed by atoms with Gasteiger partial charge in [-0.1, -0.05) is 36.9 Å². The molecule has 2 fully saturated rings. The molecular weight excluding hydrogens is 342 g/mol. The van der Waals surface area contributed by atoms with Crippen LogP contribution in [0.2, 0.25) is 5.02 Å². The lowest BCUT2D eigenvalue weighted by Crippen LogP contribution is -2.48. The molecule has 6 nitrogen and oxygen atoms in total. The van der Waals surface area contributed by atoms with Crippen LogP contribution in [0, 0.1) is 6.92 Å². The minimum absolute atomic E-state index is 0.0411. The van der Waals surface area contributed by atoms with E-state index in [4.69, 9.17) is 11.6 Å². The molecule has 2 aliphatic rings. The number of benzene rings is 1. The molecule has 1 saturated carbocycles. The predicted molar refractivity (Wildman–Crippen MR) is 95.5 cm³/mol. The Morgan fingerprint density at radius 3 is 2.68 bits per heavy atom. The maximum Gasteiger partial charge on any atom is 0.325 e. The van der Waals surface area contributed by atoms with Gasteiger partial charge in [0.25, 0.3) is 5.91 Å². The Balaban J connectivity index is 1.58. The SMILES string of the molecule is Cc1ccc(NC(=O)CCN2C(=O)NC3(CCCCC3)C2=O)c(Cl)c1. The van der Waals surface area contributed by atoms with Crippen molar-refractivity contribution in [1.82, 2.24) is 10.2 Å². The molecule has 25 heavy (non-hydrogen) atoms. The molecule has 0 bridgehead atoms. The summed E-state index contributed by atoms with van der Waals surface area (Å²) in [7, 11) is 0. The van der Waals surface area contributed by atoms with Crippen LogP contribution in [0.1, 0.15) is 44.1 Å². The molecule has 1 aliphatic carbocycles. The fraction of sp³-hybridized carbons (Fsp3) is 0.500. The quantitative estimate of drug-likeness (QED) is 0.806. The van der Waals surface area contributed by atoms with Gasteiger partial charge in [0.1, 0.15) is 5.54 Å². The number of rotatable bonds is 4. The topological polar surface area (TPSA) is 78.5 Å². The lowest BCUT2D eigenvalue weighted by atomic mass is 9.82. The van der Waals surface area contributed by atoms with Gasteiger partial charge in [0.15, 0.2) is 0 Å². The van der Waals surface area contributed by atoms with Crippen LogP contribution in [0.5, 0.6) is 0 Å². The summed E-state index contributed by atoms with van der Waals surface area (Å²) in [5, 5.41) is 6.03. The van der Waals surface area contributed by atoms with Crippen LogP contribution < -0.4 is 10.6 Å². The lowest BCUT2D eigenvalue weighted by molar-refractivity contribution is -0.132. The Labute approximate surface area is 151 Å². The van der Waals surface area contributed by atoms with Gasteiger partial charge >= 0.3 is 6.03 Å². The van der Waals surface area contributed by atoms with E-state index in [1.54, 1.807) is 12.1 Å². The molecule has 1 aliphatic heterocycles. The lowest BCUT2D eigenvalue weighted by Gasteiger charge is -2.30. The van der Waals surface area contributed by atoms with Crippen molar-refractivity contribution in [1.29, 1.82) is 0 Å². The third kappa shape index (κ3) is 3.63. The summed E-state index contributed by atoms with van der Waals surface area (Å²) in [5.74, 6) is -0.477. The average Bonchev–Trinajstić information content (AvgIpc) is 2.79. The van der Waals surface area contributed by atoms with Gasteiger partial charge in [-0.15, -0.1) is 0 Å². The number of hydrogen-bond acceptors (Lipinski definition) is 3. The molecule has 7 heteroatoms. The molecule has 1 heterocycles. The van der Waals surface area contributed by atoms with Crippen LogP contribution >= 0.6 is 11.6 Å². The number of aryl methyl sites for hydroxylation is 1. The van der Waals surface area contributed by atoms with Crippen molar-refractivity contribution < 1.29 is 14.4 Å². The molecule has 0 aromatic heterocycles. The number of nitrogens with zero attached hydrogens (tertiary/aromatic N) is 1. The van der Waals surface area contributed by atoms with Crippen LogP contribution in [-0.4, -0.2) is 34.8 Å². The minimum atomic E-state index is -0.744. The monoisotopic (exact) mass is 363 g/mol. The first-order chi connectivity index (χ1) is 11.9. The van der Waals surface area contributed by atoms with Crippen molar-refractivity contribution in [2.24, 2.45) is 0 Å². The molecular formula is C18H22ClN3O3. The molecule has 1 aromatic carbocycles.